The Morgan fingerprint density at radius 1 is 1.03 bits per heavy atom. The van der Waals surface area contributed by atoms with E-state index in [9.17, 15) is 9.59 Å². The number of nitrogens with zero attached hydrogens (tertiary/aromatic N) is 4. The minimum Gasteiger partial charge on any atom is -0.356 e. The van der Waals surface area contributed by atoms with Crippen LogP contribution in [0, 0.1) is 19.3 Å². The molecule has 4 aliphatic heterocycles. The first-order valence-electron chi connectivity index (χ1n) is 10.8. The Kier molecular flexibility index (Phi) is 4.61. The summed E-state index contributed by atoms with van der Waals surface area (Å²) in [7, 11) is 0. The molecule has 1 spiro atoms. The van der Waals surface area contributed by atoms with Crippen molar-refractivity contribution in [1.29, 1.82) is 0 Å². The van der Waals surface area contributed by atoms with E-state index in [1.54, 1.807) is 0 Å². The van der Waals surface area contributed by atoms with Gasteiger partial charge in [0.25, 0.3) is 5.91 Å². The number of nitrogens with one attached hydrogen (secondary N) is 2. The maximum absolute atomic E-state index is 12.4. The highest BCUT2D eigenvalue weighted by Crippen LogP contribution is 2.39. The zero-order valence-electron chi connectivity index (χ0n) is 17.6. The van der Waals surface area contributed by atoms with Crippen molar-refractivity contribution in [3.05, 3.63) is 23.3 Å². The Bertz CT molecular complexity index is 974. The van der Waals surface area contributed by atoms with Crippen LogP contribution in [0.4, 0.5) is 11.4 Å². The molecule has 0 unspecified atom stereocenters. The van der Waals surface area contributed by atoms with E-state index in [0.717, 1.165) is 68.9 Å². The van der Waals surface area contributed by atoms with Crippen LogP contribution in [0.2, 0.25) is 0 Å². The molecule has 0 saturated carbocycles. The van der Waals surface area contributed by atoms with Gasteiger partial charge in [0, 0.05) is 19.6 Å². The highest BCUT2D eigenvalue weighted by atomic mass is 16.2. The van der Waals surface area contributed by atoms with Crippen LogP contribution in [-0.2, 0) is 9.59 Å². The molecule has 1 aromatic rings. The zero-order chi connectivity index (χ0) is 20.9. The largest absolute Gasteiger partial charge is 0.356 e. The third-order valence-electron chi connectivity index (χ3n) is 7.09. The van der Waals surface area contributed by atoms with Gasteiger partial charge in [0.2, 0.25) is 5.91 Å². The number of rotatable bonds is 3. The molecule has 0 radical (unpaired) electrons. The highest BCUT2D eigenvalue weighted by Gasteiger charge is 2.44. The van der Waals surface area contributed by atoms with Crippen LogP contribution in [0.25, 0.3) is 0 Å². The van der Waals surface area contributed by atoms with Crippen molar-refractivity contribution in [2.75, 3.05) is 44.3 Å². The second-order valence-corrected chi connectivity index (χ2v) is 8.81. The van der Waals surface area contributed by atoms with Crippen molar-refractivity contribution in [2.45, 2.75) is 33.1 Å². The number of fused-ring (bicyclic) bond motifs is 2. The third kappa shape index (κ3) is 3.10. The number of carbonyl (C=O) groups is 2. The standard InChI is InChI=1S/C22H28N6O2/c1-14-11-16-17(12-15(14)2)28(19-18(26-16)20(29)25-13-24-19)10-9-27-7-4-22(5-8-27)3-6-23-21(22)30/h11-12H,3-10,13H2,1-2H3,(H,23,30)(H,25,29). The van der Waals surface area contributed by atoms with Crippen molar-refractivity contribution in [1.82, 2.24) is 15.5 Å². The number of likely N-dealkylation sites (tertiary alicyclic amines) is 1. The first kappa shape index (κ1) is 19.2. The van der Waals surface area contributed by atoms with E-state index in [1.165, 1.54) is 5.56 Å². The van der Waals surface area contributed by atoms with Crippen molar-refractivity contribution >= 4 is 34.7 Å². The monoisotopic (exact) mass is 408 g/mol. The number of amides is 2. The lowest BCUT2D eigenvalue weighted by molar-refractivity contribution is -0.130. The Labute approximate surface area is 176 Å². The molecule has 4 heterocycles. The Morgan fingerprint density at radius 3 is 2.53 bits per heavy atom. The van der Waals surface area contributed by atoms with Crippen LogP contribution in [-0.4, -0.2) is 67.7 Å². The van der Waals surface area contributed by atoms with E-state index in [4.69, 9.17) is 0 Å². The van der Waals surface area contributed by atoms with E-state index in [-0.39, 0.29) is 23.9 Å². The summed E-state index contributed by atoms with van der Waals surface area (Å²) in [4.78, 5) is 38.4. The van der Waals surface area contributed by atoms with Gasteiger partial charge in [-0.05, 0) is 69.5 Å². The molecule has 158 valence electrons. The van der Waals surface area contributed by atoms with Crippen LogP contribution < -0.4 is 15.5 Å². The smallest absolute Gasteiger partial charge is 0.275 e. The average Bonchev–Trinajstić information content (AvgIpc) is 3.08. The number of anilines is 1. The summed E-state index contributed by atoms with van der Waals surface area (Å²) in [6, 6.07) is 4.20. The maximum atomic E-state index is 12.4. The Balaban J connectivity index is 1.35. The van der Waals surface area contributed by atoms with Crippen LogP contribution in [0.1, 0.15) is 30.4 Å². The van der Waals surface area contributed by atoms with Crippen molar-refractivity contribution in [2.24, 2.45) is 15.4 Å². The lowest BCUT2D eigenvalue weighted by Crippen LogP contribution is -2.52. The third-order valence-corrected chi connectivity index (χ3v) is 7.09. The molecule has 0 aliphatic carbocycles. The molecular formula is C22H28N6O2. The first-order valence-corrected chi connectivity index (χ1v) is 10.8. The van der Waals surface area contributed by atoms with Gasteiger partial charge in [0.05, 0.1) is 16.8 Å². The van der Waals surface area contributed by atoms with Gasteiger partial charge < -0.3 is 20.4 Å². The number of hydrogen-bond donors (Lipinski definition) is 2. The van der Waals surface area contributed by atoms with Gasteiger partial charge in [0.15, 0.2) is 11.5 Å². The van der Waals surface area contributed by atoms with Crippen LogP contribution >= 0.6 is 0 Å². The fourth-order valence-corrected chi connectivity index (χ4v) is 4.95. The van der Waals surface area contributed by atoms with E-state index < -0.39 is 0 Å². The molecule has 2 N–H and O–H groups in total. The van der Waals surface area contributed by atoms with Gasteiger partial charge in [-0.25, -0.2) is 9.98 Å². The number of aryl methyl sites for hydroxylation is 2. The predicted octanol–water partition coefficient (Wildman–Crippen LogP) is 1.28. The molecule has 30 heavy (non-hydrogen) atoms. The lowest BCUT2D eigenvalue weighted by atomic mass is 9.77. The maximum Gasteiger partial charge on any atom is 0.275 e. The molecule has 5 rings (SSSR count). The number of piperidine rings is 1. The summed E-state index contributed by atoms with van der Waals surface area (Å²) < 4.78 is 0. The summed E-state index contributed by atoms with van der Waals surface area (Å²) in [6.07, 6.45) is 2.80. The molecule has 0 bridgehead atoms. The van der Waals surface area contributed by atoms with Gasteiger partial charge in [-0.1, -0.05) is 0 Å². The van der Waals surface area contributed by atoms with E-state index >= 15 is 0 Å². The minimum absolute atomic E-state index is 0.145. The van der Waals surface area contributed by atoms with Crippen molar-refractivity contribution in [3.8, 4) is 0 Å². The number of aliphatic imine (C=N–C) groups is 2. The van der Waals surface area contributed by atoms with E-state index in [0.29, 0.717) is 11.5 Å². The molecule has 8 nitrogen and oxygen atoms in total. The molecule has 8 heteroatoms. The fraction of sp³-hybridized carbons (Fsp3) is 0.545. The normalized spacial score (nSPS) is 22.8. The predicted molar refractivity (Wildman–Crippen MR) is 117 cm³/mol. The number of amidine groups is 1. The van der Waals surface area contributed by atoms with Gasteiger partial charge in [0.1, 0.15) is 6.67 Å². The van der Waals surface area contributed by atoms with Crippen LogP contribution in [0.3, 0.4) is 0 Å². The Hall–Kier alpha value is -2.74. The second-order valence-electron chi connectivity index (χ2n) is 8.81. The van der Waals surface area contributed by atoms with Crippen molar-refractivity contribution in [3.63, 3.8) is 0 Å². The van der Waals surface area contributed by atoms with Crippen LogP contribution in [0.5, 0.6) is 0 Å². The molecule has 4 aliphatic rings. The zero-order valence-corrected chi connectivity index (χ0v) is 17.6. The summed E-state index contributed by atoms with van der Waals surface area (Å²) in [6.45, 7) is 8.70. The van der Waals surface area contributed by atoms with Gasteiger partial charge in [-0.3, -0.25) is 9.59 Å². The molecule has 2 saturated heterocycles. The molecule has 1 aromatic carbocycles. The molecule has 0 aromatic heterocycles. The SMILES string of the molecule is Cc1cc2c(cc1C)N(CCN1CCC3(CCNC3=O)CC1)C1=NCNC(=O)C1=N2. The summed E-state index contributed by atoms with van der Waals surface area (Å²) in [5, 5.41) is 5.77. The fourth-order valence-electron chi connectivity index (χ4n) is 4.95. The lowest BCUT2D eigenvalue weighted by Gasteiger charge is -2.39. The second kappa shape index (κ2) is 7.19. The molecule has 0 atom stereocenters. The number of carbonyl (C=O) groups excluding carboxylic acids is 2. The summed E-state index contributed by atoms with van der Waals surface area (Å²) >= 11 is 0. The van der Waals surface area contributed by atoms with E-state index in [1.807, 2.05) is 6.07 Å². The summed E-state index contributed by atoms with van der Waals surface area (Å²) in [5.74, 6) is 0.737. The van der Waals surface area contributed by atoms with Crippen LogP contribution in [0.15, 0.2) is 22.1 Å². The summed E-state index contributed by atoms with van der Waals surface area (Å²) in [5.41, 5.74) is 4.45. The first-order chi connectivity index (χ1) is 14.5. The minimum atomic E-state index is -0.166. The van der Waals surface area contributed by atoms with E-state index in [2.05, 4.69) is 50.3 Å². The van der Waals surface area contributed by atoms with Crippen molar-refractivity contribution < 1.29 is 9.59 Å². The molecule has 2 fully saturated rings. The molecular weight excluding hydrogens is 380 g/mol. The number of benzene rings is 1. The van der Waals surface area contributed by atoms with Gasteiger partial charge in [-0.2, -0.15) is 0 Å². The molecule has 2 amide bonds. The Morgan fingerprint density at radius 2 is 1.80 bits per heavy atom. The quantitative estimate of drug-likeness (QED) is 0.789. The topological polar surface area (TPSA) is 89.4 Å². The highest BCUT2D eigenvalue weighted by molar-refractivity contribution is 6.70. The van der Waals surface area contributed by atoms with Gasteiger partial charge >= 0.3 is 0 Å². The average molecular weight is 409 g/mol. The number of hydrogen-bond acceptors (Lipinski definition) is 6. The van der Waals surface area contributed by atoms with Gasteiger partial charge in [-0.15, -0.1) is 0 Å².